The van der Waals surface area contributed by atoms with Crippen molar-refractivity contribution in [3.05, 3.63) is 29.8 Å². The minimum atomic E-state index is -0.262. The van der Waals surface area contributed by atoms with Gasteiger partial charge in [-0.15, -0.1) is 0 Å². The number of hydrogen-bond donors (Lipinski definition) is 3. The van der Waals surface area contributed by atoms with Crippen LogP contribution in [0, 0.1) is 17.8 Å². The summed E-state index contributed by atoms with van der Waals surface area (Å²) in [6.07, 6.45) is 1.05. The number of ether oxygens (including phenoxy) is 3. The van der Waals surface area contributed by atoms with E-state index in [2.05, 4.69) is 62.4 Å². The molecule has 3 N–H and O–H groups in total. The summed E-state index contributed by atoms with van der Waals surface area (Å²) in [5, 5.41) is 9.00. The molecular weight excluding hydrogens is 534 g/mol. The predicted octanol–water partition coefficient (Wildman–Crippen LogP) is 4.50. The van der Waals surface area contributed by atoms with Crippen molar-refractivity contribution in [1.82, 2.24) is 16.0 Å². The summed E-state index contributed by atoms with van der Waals surface area (Å²) in [7, 11) is 3.29. The van der Waals surface area contributed by atoms with Gasteiger partial charge in [-0.3, -0.25) is 9.59 Å². The summed E-state index contributed by atoms with van der Waals surface area (Å²) in [4.78, 5) is 24.4. The molecule has 2 amide bonds. The molecule has 10 heteroatoms. The fourth-order valence-electron chi connectivity index (χ4n) is 2.79. The Labute approximate surface area is 243 Å². The molecule has 0 fully saturated rings. The van der Waals surface area contributed by atoms with Crippen LogP contribution in [0.25, 0.3) is 0 Å². The third-order valence-electron chi connectivity index (χ3n) is 4.93. The molecule has 2 unspecified atom stereocenters. The Balaban J connectivity index is 2.50. The summed E-state index contributed by atoms with van der Waals surface area (Å²) in [5.41, 5.74) is 0.286. The van der Waals surface area contributed by atoms with E-state index in [-0.39, 0.29) is 41.1 Å². The summed E-state index contributed by atoms with van der Waals surface area (Å²) in [6.45, 7) is 17.1. The van der Waals surface area contributed by atoms with Gasteiger partial charge in [0.05, 0.1) is 19.8 Å². The molecular formula is C29H47N3O5S2. The van der Waals surface area contributed by atoms with E-state index in [1.165, 1.54) is 0 Å². The lowest BCUT2D eigenvalue weighted by atomic mass is 10.2. The van der Waals surface area contributed by atoms with Gasteiger partial charge in [0.15, 0.2) is 0 Å². The van der Waals surface area contributed by atoms with Crippen LogP contribution in [0.2, 0.25) is 0 Å². The third kappa shape index (κ3) is 18.9. The summed E-state index contributed by atoms with van der Waals surface area (Å²) in [5.74, 6) is 6.44. The lowest BCUT2D eigenvalue weighted by molar-refractivity contribution is -0.126. The highest BCUT2D eigenvalue weighted by atomic mass is 33.1. The minimum absolute atomic E-state index is 0.0414. The minimum Gasteiger partial charge on any atom is -0.490 e. The van der Waals surface area contributed by atoms with Crippen LogP contribution in [0.4, 0.5) is 0 Å². The lowest BCUT2D eigenvalue weighted by Gasteiger charge is -2.22. The first kappa shape index (κ1) is 35.1. The van der Waals surface area contributed by atoms with Crippen LogP contribution in [0.5, 0.6) is 5.75 Å². The van der Waals surface area contributed by atoms with Crippen molar-refractivity contribution in [2.24, 2.45) is 5.92 Å². The van der Waals surface area contributed by atoms with Crippen LogP contribution in [0.15, 0.2) is 24.3 Å². The molecule has 8 nitrogen and oxygen atoms in total. The maximum Gasteiger partial charge on any atom is 0.251 e. The van der Waals surface area contributed by atoms with E-state index in [4.69, 9.17) is 14.2 Å². The van der Waals surface area contributed by atoms with Gasteiger partial charge in [0.1, 0.15) is 24.4 Å². The van der Waals surface area contributed by atoms with Crippen molar-refractivity contribution in [2.45, 2.75) is 71.1 Å². The molecule has 0 spiro atoms. The Bertz CT molecular complexity index is 912. The molecule has 0 saturated heterocycles. The first-order chi connectivity index (χ1) is 18.5. The molecule has 0 aliphatic heterocycles. The number of carbonyl (C=O) groups excluding carboxylic acids is 2. The molecule has 0 heterocycles. The van der Waals surface area contributed by atoms with Gasteiger partial charge < -0.3 is 30.2 Å². The molecule has 0 aliphatic carbocycles. The van der Waals surface area contributed by atoms with Crippen molar-refractivity contribution in [2.75, 3.05) is 46.1 Å². The van der Waals surface area contributed by atoms with E-state index in [9.17, 15) is 9.59 Å². The molecule has 0 aliphatic rings. The topological polar surface area (TPSA) is 97.9 Å². The monoisotopic (exact) mass is 581 g/mol. The van der Waals surface area contributed by atoms with Crippen LogP contribution in [-0.2, 0) is 14.3 Å². The Hall–Kier alpha value is -1.90. The SMILES string of the molecule is CCC(C)NCCNC(=O)c1cccc(OCC(OCCOCC(=O)NCC#CC(C)C)SSC(C)(C)C)c1. The van der Waals surface area contributed by atoms with E-state index in [0.29, 0.717) is 43.7 Å². The van der Waals surface area contributed by atoms with Crippen molar-refractivity contribution >= 4 is 33.4 Å². The van der Waals surface area contributed by atoms with Gasteiger partial charge in [-0.05, 0) is 31.5 Å². The average molecular weight is 582 g/mol. The first-order valence-electron chi connectivity index (χ1n) is 13.5. The highest BCUT2D eigenvalue weighted by molar-refractivity contribution is 8.77. The van der Waals surface area contributed by atoms with E-state index in [1.807, 2.05) is 26.0 Å². The van der Waals surface area contributed by atoms with Gasteiger partial charge >= 0.3 is 0 Å². The first-order valence-corrected chi connectivity index (χ1v) is 15.7. The van der Waals surface area contributed by atoms with Gasteiger partial charge in [-0.1, -0.05) is 81.0 Å². The number of carbonyl (C=O) groups is 2. The molecule has 39 heavy (non-hydrogen) atoms. The van der Waals surface area contributed by atoms with E-state index in [1.54, 1.807) is 33.7 Å². The zero-order chi connectivity index (χ0) is 29.1. The van der Waals surface area contributed by atoms with Crippen molar-refractivity contribution < 1.29 is 23.8 Å². The molecule has 0 saturated carbocycles. The van der Waals surface area contributed by atoms with Crippen LogP contribution >= 0.6 is 21.6 Å². The smallest absolute Gasteiger partial charge is 0.251 e. The Kier molecular flexibility index (Phi) is 18.1. The van der Waals surface area contributed by atoms with Gasteiger partial charge in [0, 0.05) is 35.4 Å². The van der Waals surface area contributed by atoms with E-state index < -0.39 is 0 Å². The maximum atomic E-state index is 12.5. The number of nitrogens with one attached hydrogen (secondary N) is 3. The zero-order valence-electron chi connectivity index (χ0n) is 24.6. The number of benzene rings is 1. The number of rotatable bonds is 18. The normalized spacial score (nSPS) is 12.8. The van der Waals surface area contributed by atoms with Crippen LogP contribution in [0.1, 0.15) is 65.2 Å². The summed E-state index contributed by atoms with van der Waals surface area (Å²) < 4.78 is 17.5. The number of hydrogen-bond acceptors (Lipinski definition) is 8. The quantitative estimate of drug-likeness (QED) is 0.101. The largest absolute Gasteiger partial charge is 0.490 e. The molecule has 1 aromatic rings. The highest BCUT2D eigenvalue weighted by Crippen LogP contribution is 2.38. The predicted molar refractivity (Wildman–Crippen MR) is 163 cm³/mol. The van der Waals surface area contributed by atoms with Crippen molar-refractivity contribution in [1.29, 1.82) is 0 Å². The Morgan fingerprint density at radius 2 is 1.85 bits per heavy atom. The molecule has 220 valence electrons. The summed E-state index contributed by atoms with van der Waals surface area (Å²) in [6, 6.07) is 7.57. The van der Waals surface area contributed by atoms with Gasteiger partial charge in [-0.25, -0.2) is 0 Å². The maximum absolute atomic E-state index is 12.5. The molecule has 1 aromatic carbocycles. The lowest BCUT2D eigenvalue weighted by Crippen LogP contribution is -2.35. The van der Waals surface area contributed by atoms with Crippen LogP contribution in [-0.4, -0.2) is 74.1 Å². The van der Waals surface area contributed by atoms with E-state index >= 15 is 0 Å². The number of amides is 2. The molecule has 1 rings (SSSR count). The molecule has 0 bridgehead atoms. The second-order valence-corrected chi connectivity index (χ2v) is 13.4. The molecule has 0 radical (unpaired) electrons. The highest BCUT2D eigenvalue weighted by Gasteiger charge is 2.18. The second kappa shape index (κ2) is 20.0. The average Bonchev–Trinajstić information content (AvgIpc) is 2.89. The zero-order valence-corrected chi connectivity index (χ0v) is 26.2. The van der Waals surface area contributed by atoms with Gasteiger partial charge in [-0.2, -0.15) is 0 Å². The Morgan fingerprint density at radius 1 is 1.08 bits per heavy atom. The summed E-state index contributed by atoms with van der Waals surface area (Å²) >= 11 is 0. The van der Waals surface area contributed by atoms with Crippen molar-refractivity contribution in [3.8, 4) is 17.6 Å². The fourth-order valence-corrected chi connectivity index (χ4v) is 4.98. The van der Waals surface area contributed by atoms with Crippen molar-refractivity contribution in [3.63, 3.8) is 0 Å². The third-order valence-corrected chi connectivity index (χ3v) is 8.45. The van der Waals surface area contributed by atoms with Crippen LogP contribution < -0.4 is 20.7 Å². The molecule has 0 aromatic heterocycles. The second-order valence-electron chi connectivity index (χ2n) is 10.3. The molecule has 2 atom stereocenters. The standard InChI is InChI=1S/C29H47N3O5S2/c1-8-23(4)30-15-16-32-28(34)24-12-9-13-25(19-24)37-21-27(38-39-29(5,6)7)36-18-17-35-20-26(33)31-14-10-11-22(2)3/h9,12-13,19,22-23,27,30H,8,14-18,20-21H2,1-7H3,(H,31,33)(H,32,34). The fraction of sp³-hybridized carbons (Fsp3) is 0.655. The van der Waals surface area contributed by atoms with E-state index in [0.717, 1.165) is 13.0 Å². The van der Waals surface area contributed by atoms with Crippen LogP contribution in [0.3, 0.4) is 0 Å². The van der Waals surface area contributed by atoms with Gasteiger partial charge in [0.25, 0.3) is 5.91 Å². The Morgan fingerprint density at radius 3 is 2.54 bits per heavy atom. The van der Waals surface area contributed by atoms with Gasteiger partial charge in [0.2, 0.25) is 5.91 Å².